The molecule has 0 saturated heterocycles. The molecular formula is C14H26GdO2. The number of carbonyl (C=O) groups is 1. The maximum Gasteiger partial charge on any atom is 0.303 e. The molecule has 0 aromatic rings. The first-order valence-electron chi connectivity index (χ1n) is 6.64. The summed E-state index contributed by atoms with van der Waals surface area (Å²) in [6, 6.07) is 0. The van der Waals surface area contributed by atoms with Crippen LogP contribution in [0.5, 0.6) is 0 Å². The van der Waals surface area contributed by atoms with E-state index in [1.807, 2.05) is 0 Å². The minimum absolute atomic E-state index is 0. The van der Waals surface area contributed by atoms with E-state index in [-0.39, 0.29) is 39.9 Å². The number of aliphatic carboxylic acids is 1. The molecule has 102 valence electrons. The van der Waals surface area contributed by atoms with Gasteiger partial charge in [0.15, 0.2) is 0 Å². The first-order chi connectivity index (χ1) is 7.77. The average molecular weight is 384 g/mol. The Labute approximate surface area is 138 Å². The van der Waals surface area contributed by atoms with E-state index in [0.29, 0.717) is 6.42 Å². The van der Waals surface area contributed by atoms with Crippen LogP contribution in [0.15, 0.2) is 12.2 Å². The second kappa shape index (κ2) is 16.5. The summed E-state index contributed by atoms with van der Waals surface area (Å²) >= 11 is 0. The Morgan fingerprint density at radius 3 is 2.06 bits per heavy atom. The van der Waals surface area contributed by atoms with Gasteiger partial charge in [-0.15, -0.1) is 0 Å². The summed E-state index contributed by atoms with van der Waals surface area (Å²) in [6.07, 6.45) is 15.4. The summed E-state index contributed by atoms with van der Waals surface area (Å²) in [6.45, 7) is 2.21. The van der Waals surface area contributed by atoms with Crippen LogP contribution in [-0.2, 0) is 4.79 Å². The van der Waals surface area contributed by atoms with Gasteiger partial charge in [-0.25, -0.2) is 0 Å². The SMILES string of the molecule is CCCC/C=C\CCCCCCCC(=O)O.[Gd]. The molecule has 0 aliphatic carbocycles. The van der Waals surface area contributed by atoms with Crippen molar-refractivity contribution in [2.45, 2.75) is 71.1 Å². The molecule has 0 heterocycles. The fourth-order valence-electron chi connectivity index (χ4n) is 1.63. The van der Waals surface area contributed by atoms with Crippen molar-refractivity contribution in [1.82, 2.24) is 0 Å². The molecule has 0 aliphatic rings. The molecular weight excluding hydrogens is 357 g/mol. The van der Waals surface area contributed by atoms with Crippen molar-refractivity contribution < 1.29 is 49.8 Å². The predicted octanol–water partition coefficient (Wildman–Crippen LogP) is 4.55. The molecule has 0 fully saturated rings. The molecule has 0 saturated carbocycles. The van der Waals surface area contributed by atoms with Crippen molar-refractivity contribution in [1.29, 1.82) is 0 Å². The van der Waals surface area contributed by atoms with Gasteiger partial charge in [-0.2, -0.15) is 0 Å². The van der Waals surface area contributed by atoms with Gasteiger partial charge in [0, 0.05) is 46.4 Å². The van der Waals surface area contributed by atoms with Gasteiger partial charge in [0.1, 0.15) is 0 Å². The minimum atomic E-state index is -0.668. The van der Waals surface area contributed by atoms with Crippen LogP contribution in [0.25, 0.3) is 0 Å². The van der Waals surface area contributed by atoms with Crippen molar-refractivity contribution in [3.63, 3.8) is 0 Å². The predicted molar refractivity (Wildman–Crippen MR) is 68.6 cm³/mol. The van der Waals surface area contributed by atoms with Gasteiger partial charge < -0.3 is 5.11 Å². The molecule has 0 radical (unpaired) electrons. The quantitative estimate of drug-likeness (QED) is 0.420. The van der Waals surface area contributed by atoms with E-state index in [9.17, 15) is 4.79 Å². The maximum atomic E-state index is 10.3. The number of carboxylic acids is 1. The number of unbranched alkanes of at least 4 members (excludes halogenated alkanes) is 7. The zero-order chi connectivity index (χ0) is 12.1. The first kappa shape index (κ1) is 19.9. The molecule has 0 aliphatic heterocycles. The van der Waals surface area contributed by atoms with E-state index in [1.165, 1.54) is 44.9 Å². The summed E-state index contributed by atoms with van der Waals surface area (Å²) in [5.74, 6) is -0.668. The number of allylic oxidation sites excluding steroid dienone is 2. The molecule has 3 heteroatoms. The standard InChI is InChI=1S/C14H26O2.Gd/c1-2-3-4-5-6-7-8-9-10-11-12-13-14(15)16;/h5-6H,2-4,7-13H2,1H3,(H,15,16);/b6-5-;. The first-order valence-corrected chi connectivity index (χ1v) is 6.64. The van der Waals surface area contributed by atoms with Crippen LogP contribution in [0, 0.1) is 39.9 Å². The second-order valence-electron chi connectivity index (χ2n) is 4.31. The van der Waals surface area contributed by atoms with E-state index in [2.05, 4.69) is 19.1 Å². The Morgan fingerprint density at radius 2 is 1.47 bits per heavy atom. The van der Waals surface area contributed by atoms with E-state index in [4.69, 9.17) is 5.11 Å². The van der Waals surface area contributed by atoms with E-state index < -0.39 is 5.97 Å². The number of carboxylic acid groups (broad SMARTS) is 1. The molecule has 0 rings (SSSR count). The molecule has 17 heavy (non-hydrogen) atoms. The monoisotopic (exact) mass is 384 g/mol. The third kappa shape index (κ3) is 19.1. The number of hydrogen-bond acceptors (Lipinski definition) is 1. The zero-order valence-corrected chi connectivity index (χ0v) is 13.2. The van der Waals surface area contributed by atoms with Crippen molar-refractivity contribution in [3.05, 3.63) is 12.2 Å². The van der Waals surface area contributed by atoms with Crippen molar-refractivity contribution in [2.75, 3.05) is 0 Å². The van der Waals surface area contributed by atoms with E-state index in [1.54, 1.807) is 0 Å². The van der Waals surface area contributed by atoms with E-state index in [0.717, 1.165) is 12.8 Å². The maximum absolute atomic E-state index is 10.3. The van der Waals surface area contributed by atoms with Crippen LogP contribution >= 0.6 is 0 Å². The number of hydrogen-bond donors (Lipinski definition) is 1. The second-order valence-corrected chi connectivity index (χ2v) is 4.31. The summed E-state index contributed by atoms with van der Waals surface area (Å²) < 4.78 is 0. The molecule has 0 bridgehead atoms. The zero-order valence-electron chi connectivity index (χ0n) is 10.9. The summed E-state index contributed by atoms with van der Waals surface area (Å²) in [5, 5.41) is 8.45. The van der Waals surface area contributed by atoms with E-state index >= 15 is 0 Å². The molecule has 0 aromatic heterocycles. The molecule has 0 unspecified atom stereocenters. The van der Waals surface area contributed by atoms with Crippen LogP contribution in [0.1, 0.15) is 71.1 Å². The van der Waals surface area contributed by atoms with Crippen molar-refractivity contribution >= 4 is 5.97 Å². The Bertz CT molecular complexity index is 191. The molecule has 0 atom stereocenters. The van der Waals surface area contributed by atoms with Gasteiger partial charge in [0.25, 0.3) is 0 Å². The smallest absolute Gasteiger partial charge is 0.303 e. The summed E-state index contributed by atoms with van der Waals surface area (Å²) in [5.41, 5.74) is 0. The van der Waals surface area contributed by atoms with Crippen LogP contribution in [0.3, 0.4) is 0 Å². The minimum Gasteiger partial charge on any atom is -0.481 e. The van der Waals surface area contributed by atoms with Crippen LogP contribution in [-0.4, -0.2) is 11.1 Å². The van der Waals surface area contributed by atoms with Gasteiger partial charge in [0.2, 0.25) is 0 Å². The normalized spacial score (nSPS) is 10.4. The molecule has 0 spiro atoms. The molecule has 0 aromatic carbocycles. The van der Waals surface area contributed by atoms with Crippen LogP contribution in [0.2, 0.25) is 0 Å². The average Bonchev–Trinajstić information content (AvgIpc) is 2.25. The molecule has 1 N–H and O–H groups in total. The van der Waals surface area contributed by atoms with Crippen LogP contribution in [0.4, 0.5) is 0 Å². The van der Waals surface area contributed by atoms with Crippen molar-refractivity contribution in [3.8, 4) is 0 Å². The Hall–Kier alpha value is 0.535. The fraction of sp³-hybridized carbons (Fsp3) is 0.786. The molecule has 0 amide bonds. The summed E-state index contributed by atoms with van der Waals surface area (Å²) in [4.78, 5) is 10.3. The van der Waals surface area contributed by atoms with Crippen LogP contribution < -0.4 is 0 Å². The Kier molecular flexibility index (Phi) is 19.3. The van der Waals surface area contributed by atoms with Gasteiger partial charge in [-0.05, 0) is 25.7 Å². The summed E-state index contributed by atoms with van der Waals surface area (Å²) in [7, 11) is 0. The molecule has 2 nitrogen and oxygen atoms in total. The van der Waals surface area contributed by atoms with Gasteiger partial charge >= 0.3 is 5.97 Å². The third-order valence-corrected chi connectivity index (χ3v) is 2.65. The Morgan fingerprint density at radius 1 is 0.941 bits per heavy atom. The fourth-order valence-corrected chi connectivity index (χ4v) is 1.63. The Balaban J connectivity index is 0. The van der Waals surface area contributed by atoms with Gasteiger partial charge in [-0.1, -0.05) is 51.2 Å². The largest absolute Gasteiger partial charge is 0.481 e. The number of rotatable bonds is 11. The van der Waals surface area contributed by atoms with Gasteiger partial charge in [0.05, 0.1) is 0 Å². The van der Waals surface area contributed by atoms with Gasteiger partial charge in [-0.3, -0.25) is 4.79 Å². The third-order valence-electron chi connectivity index (χ3n) is 2.65. The topological polar surface area (TPSA) is 37.3 Å². The van der Waals surface area contributed by atoms with Crippen molar-refractivity contribution in [2.24, 2.45) is 0 Å².